The zero-order valence-electron chi connectivity index (χ0n) is 10.4. The molecule has 0 aliphatic rings. The second-order valence-corrected chi connectivity index (χ2v) is 6.63. The lowest BCUT2D eigenvalue weighted by Crippen LogP contribution is -2.00. The molecule has 0 saturated heterocycles. The molecule has 0 spiro atoms. The van der Waals surface area contributed by atoms with Crippen LogP contribution in [0.5, 0.6) is 0 Å². The predicted octanol–water partition coefficient (Wildman–Crippen LogP) is 2.59. The van der Waals surface area contributed by atoms with Gasteiger partial charge in [0.15, 0.2) is 4.96 Å². The Kier molecular flexibility index (Phi) is 3.12. The highest BCUT2D eigenvalue weighted by Crippen LogP contribution is 2.20. The Bertz CT molecular complexity index is 732. The summed E-state index contributed by atoms with van der Waals surface area (Å²) in [6.07, 6.45) is 3.88. The minimum Gasteiger partial charge on any atom is -0.399 e. The third-order valence-corrected chi connectivity index (χ3v) is 5.14. The molecule has 0 aliphatic carbocycles. The molecule has 0 saturated carbocycles. The van der Waals surface area contributed by atoms with Gasteiger partial charge >= 0.3 is 0 Å². The van der Waals surface area contributed by atoms with Crippen LogP contribution < -0.4 is 5.73 Å². The van der Waals surface area contributed by atoms with Crippen LogP contribution in [0.1, 0.15) is 11.3 Å². The van der Waals surface area contributed by atoms with Crippen molar-refractivity contribution in [1.82, 2.24) is 9.38 Å². The minimum atomic E-state index is -1.09. The summed E-state index contributed by atoms with van der Waals surface area (Å²) in [5.41, 5.74) is 8.21. The monoisotopic (exact) mass is 291 g/mol. The molecule has 3 rings (SSSR count). The summed E-state index contributed by atoms with van der Waals surface area (Å²) in [6.45, 7) is 1.93. The Morgan fingerprint density at radius 3 is 3.05 bits per heavy atom. The highest BCUT2D eigenvalue weighted by atomic mass is 32.2. The van der Waals surface area contributed by atoms with Crippen LogP contribution in [0.3, 0.4) is 0 Å². The van der Waals surface area contributed by atoms with Crippen molar-refractivity contribution in [2.75, 3.05) is 5.73 Å². The van der Waals surface area contributed by atoms with Crippen molar-refractivity contribution in [3.63, 3.8) is 0 Å². The van der Waals surface area contributed by atoms with Crippen LogP contribution in [0.2, 0.25) is 0 Å². The molecule has 98 valence electrons. The van der Waals surface area contributed by atoms with Gasteiger partial charge in [0.05, 0.1) is 22.2 Å². The smallest absolute Gasteiger partial charge is 0.193 e. The summed E-state index contributed by atoms with van der Waals surface area (Å²) in [4.78, 5) is 6.21. The molecule has 0 fully saturated rings. The van der Waals surface area contributed by atoms with E-state index in [9.17, 15) is 4.21 Å². The van der Waals surface area contributed by atoms with E-state index in [0.29, 0.717) is 11.4 Å². The highest BCUT2D eigenvalue weighted by Gasteiger charge is 2.11. The quantitative estimate of drug-likeness (QED) is 0.755. The average molecular weight is 291 g/mol. The number of rotatable bonds is 3. The number of hydrogen-bond donors (Lipinski definition) is 1. The Labute approximate surface area is 117 Å². The van der Waals surface area contributed by atoms with Crippen molar-refractivity contribution in [2.24, 2.45) is 0 Å². The number of thiazole rings is 1. The molecule has 19 heavy (non-hydrogen) atoms. The van der Waals surface area contributed by atoms with Crippen LogP contribution in [0.25, 0.3) is 4.96 Å². The fourth-order valence-corrected chi connectivity index (χ4v) is 3.91. The number of nitrogens with zero attached hydrogens (tertiary/aromatic N) is 2. The standard InChI is InChI=1S/C13H13N3OS2/c1-9-6-10(14)2-3-12(9)19(17)8-11-7-16-4-5-18-13(16)15-11/h2-7H,8,14H2,1H3. The first-order valence-electron chi connectivity index (χ1n) is 5.79. The summed E-state index contributed by atoms with van der Waals surface area (Å²) in [5, 5.41) is 1.98. The van der Waals surface area contributed by atoms with Crippen molar-refractivity contribution in [1.29, 1.82) is 0 Å². The Balaban J connectivity index is 1.86. The first-order chi connectivity index (χ1) is 9.13. The summed E-state index contributed by atoms with van der Waals surface area (Å²) in [6, 6.07) is 5.46. The van der Waals surface area contributed by atoms with E-state index in [-0.39, 0.29) is 0 Å². The van der Waals surface area contributed by atoms with Crippen LogP contribution in [-0.2, 0) is 16.6 Å². The van der Waals surface area contributed by atoms with E-state index in [4.69, 9.17) is 5.73 Å². The fourth-order valence-electron chi connectivity index (χ4n) is 1.99. The molecule has 2 heterocycles. The lowest BCUT2D eigenvalue weighted by atomic mass is 10.2. The molecule has 2 N–H and O–H groups in total. The maximum Gasteiger partial charge on any atom is 0.193 e. The third kappa shape index (κ3) is 2.41. The van der Waals surface area contributed by atoms with E-state index in [1.54, 1.807) is 17.4 Å². The molecular formula is C13H13N3OS2. The number of hydrogen-bond acceptors (Lipinski definition) is 4. The number of imidazole rings is 1. The second-order valence-electron chi connectivity index (χ2n) is 4.34. The number of nitrogens with two attached hydrogens (primary N) is 1. The number of nitrogen functional groups attached to an aromatic ring is 1. The first-order valence-corrected chi connectivity index (χ1v) is 7.99. The number of fused-ring (bicyclic) bond motifs is 1. The van der Waals surface area contributed by atoms with Crippen molar-refractivity contribution in [3.05, 3.63) is 47.2 Å². The van der Waals surface area contributed by atoms with Gasteiger partial charge in [-0.15, -0.1) is 11.3 Å². The lowest BCUT2D eigenvalue weighted by molar-refractivity contribution is 0.682. The topological polar surface area (TPSA) is 60.4 Å². The van der Waals surface area contributed by atoms with Crippen LogP contribution in [0.15, 0.2) is 40.9 Å². The van der Waals surface area contributed by atoms with Crippen molar-refractivity contribution < 1.29 is 4.21 Å². The van der Waals surface area contributed by atoms with Crippen molar-refractivity contribution >= 4 is 32.8 Å². The molecule has 1 aromatic carbocycles. The normalized spacial score (nSPS) is 12.9. The zero-order valence-corrected chi connectivity index (χ0v) is 12.0. The number of aryl methyl sites for hydroxylation is 1. The van der Waals surface area contributed by atoms with Crippen molar-refractivity contribution in [3.8, 4) is 0 Å². The van der Waals surface area contributed by atoms with Crippen LogP contribution in [-0.4, -0.2) is 13.6 Å². The van der Waals surface area contributed by atoms with Gasteiger partial charge in [-0.2, -0.15) is 0 Å². The lowest BCUT2D eigenvalue weighted by Gasteiger charge is -2.05. The molecule has 6 heteroatoms. The Hall–Kier alpha value is -1.66. The van der Waals surface area contributed by atoms with Gasteiger partial charge in [0.25, 0.3) is 0 Å². The van der Waals surface area contributed by atoms with Gasteiger partial charge in [-0.1, -0.05) is 0 Å². The van der Waals surface area contributed by atoms with Crippen LogP contribution in [0.4, 0.5) is 5.69 Å². The van der Waals surface area contributed by atoms with Gasteiger partial charge in [-0.05, 0) is 30.7 Å². The van der Waals surface area contributed by atoms with E-state index in [1.807, 2.05) is 41.2 Å². The average Bonchev–Trinajstić information content (AvgIpc) is 2.89. The van der Waals surface area contributed by atoms with E-state index >= 15 is 0 Å². The highest BCUT2D eigenvalue weighted by molar-refractivity contribution is 7.84. The van der Waals surface area contributed by atoms with E-state index in [1.165, 1.54) is 0 Å². The van der Waals surface area contributed by atoms with Gasteiger partial charge < -0.3 is 5.73 Å². The molecule has 3 aromatic rings. The molecule has 4 nitrogen and oxygen atoms in total. The van der Waals surface area contributed by atoms with Gasteiger partial charge in [-0.3, -0.25) is 8.61 Å². The summed E-state index contributed by atoms with van der Waals surface area (Å²) in [5.74, 6) is 0.430. The zero-order chi connectivity index (χ0) is 13.4. The van der Waals surface area contributed by atoms with Gasteiger partial charge in [0, 0.05) is 28.4 Å². The molecule has 0 amide bonds. The van der Waals surface area contributed by atoms with Gasteiger partial charge in [0.2, 0.25) is 0 Å². The second kappa shape index (κ2) is 4.79. The molecule has 1 atom stereocenters. The summed E-state index contributed by atoms with van der Waals surface area (Å²) in [7, 11) is -1.09. The molecular weight excluding hydrogens is 278 g/mol. The van der Waals surface area contributed by atoms with Crippen molar-refractivity contribution in [2.45, 2.75) is 17.6 Å². The Morgan fingerprint density at radius 1 is 1.47 bits per heavy atom. The largest absolute Gasteiger partial charge is 0.399 e. The van der Waals surface area contributed by atoms with Crippen LogP contribution in [0, 0.1) is 6.92 Å². The predicted molar refractivity (Wildman–Crippen MR) is 78.8 cm³/mol. The maximum atomic E-state index is 12.4. The number of anilines is 1. The molecule has 0 radical (unpaired) electrons. The van der Waals surface area contributed by atoms with E-state index < -0.39 is 10.8 Å². The fraction of sp³-hybridized carbons (Fsp3) is 0.154. The third-order valence-electron chi connectivity index (χ3n) is 2.87. The van der Waals surface area contributed by atoms with E-state index in [2.05, 4.69) is 4.98 Å². The summed E-state index contributed by atoms with van der Waals surface area (Å²) < 4.78 is 14.3. The first kappa shape index (κ1) is 12.4. The molecule has 0 bridgehead atoms. The van der Waals surface area contributed by atoms with Gasteiger partial charge in [0.1, 0.15) is 0 Å². The maximum absolute atomic E-state index is 12.4. The number of benzene rings is 1. The number of aromatic nitrogens is 2. The molecule has 1 unspecified atom stereocenters. The van der Waals surface area contributed by atoms with E-state index in [0.717, 1.165) is 21.1 Å². The van der Waals surface area contributed by atoms with Crippen LogP contribution >= 0.6 is 11.3 Å². The molecule has 0 aliphatic heterocycles. The Morgan fingerprint density at radius 2 is 2.32 bits per heavy atom. The van der Waals surface area contributed by atoms with Gasteiger partial charge in [-0.25, -0.2) is 4.98 Å². The minimum absolute atomic E-state index is 0.430. The summed E-state index contributed by atoms with van der Waals surface area (Å²) >= 11 is 1.57. The molecule has 2 aromatic heterocycles. The SMILES string of the molecule is Cc1cc(N)ccc1S(=O)Cc1cn2ccsc2n1.